The Balaban J connectivity index is 2.26. The van der Waals surface area contributed by atoms with E-state index in [1.54, 1.807) is 0 Å². The van der Waals surface area contributed by atoms with E-state index in [9.17, 15) is 4.79 Å². The van der Waals surface area contributed by atoms with E-state index >= 15 is 0 Å². The van der Waals surface area contributed by atoms with Crippen LogP contribution < -0.4 is 5.32 Å². The number of ether oxygens (including phenoxy) is 1. The Morgan fingerprint density at radius 3 is 2.95 bits per heavy atom. The Hall–Kier alpha value is -1.22. The molecule has 0 amide bonds. The molecule has 1 aliphatic rings. The Bertz CT molecular complexity index is 463. The first-order chi connectivity index (χ1) is 9.08. The third-order valence-corrected chi connectivity index (χ3v) is 4.12. The summed E-state index contributed by atoms with van der Waals surface area (Å²) >= 11 is 6.00. The Kier molecular flexibility index (Phi) is 4.35. The van der Waals surface area contributed by atoms with Gasteiger partial charge in [0.25, 0.3) is 0 Å². The summed E-state index contributed by atoms with van der Waals surface area (Å²) in [6.07, 6.45) is 2.87. The van der Waals surface area contributed by atoms with Gasteiger partial charge in [-0.15, -0.1) is 0 Å². The molecule has 0 spiro atoms. The fraction of sp³-hybridized carbons (Fsp3) is 0.533. The molecule has 19 heavy (non-hydrogen) atoms. The lowest BCUT2D eigenvalue weighted by Crippen LogP contribution is -2.49. The molecule has 1 aromatic carbocycles. The normalized spacial score (nSPS) is 26.2. The van der Waals surface area contributed by atoms with Crippen LogP contribution in [0.25, 0.3) is 0 Å². The molecule has 3 nitrogen and oxygen atoms in total. The summed E-state index contributed by atoms with van der Waals surface area (Å²) in [6, 6.07) is 7.47. The number of benzene rings is 1. The standard InChI is InChI=1S/C15H20ClNO2/c1-3-19-14(18)15(9-5-6-11(15)2)17-13-8-4-7-12(16)10-13/h4,7-8,10-11,17H,3,5-6,9H2,1-2H3. The van der Waals surface area contributed by atoms with Gasteiger partial charge in [-0.1, -0.05) is 31.0 Å². The van der Waals surface area contributed by atoms with Gasteiger partial charge in [0.05, 0.1) is 6.61 Å². The molecule has 2 unspecified atom stereocenters. The highest BCUT2D eigenvalue weighted by atomic mass is 35.5. The number of halogens is 1. The van der Waals surface area contributed by atoms with Crippen LogP contribution >= 0.6 is 11.6 Å². The molecule has 1 saturated carbocycles. The fourth-order valence-electron chi connectivity index (χ4n) is 2.80. The first kappa shape index (κ1) is 14.2. The zero-order valence-electron chi connectivity index (χ0n) is 11.4. The zero-order valence-corrected chi connectivity index (χ0v) is 12.2. The minimum absolute atomic E-state index is 0.153. The van der Waals surface area contributed by atoms with Gasteiger partial charge in [0, 0.05) is 10.7 Å². The van der Waals surface area contributed by atoms with Crippen molar-refractivity contribution in [3.8, 4) is 0 Å². The molecule has 0 radical (unpaired) electrons. The van der Waals surface area contributed by atoms with Gasteiger partial charge in [0.1, 0.15) is 5.54 Å². The van der Waals surface area contributed by atoms with Crippen molar-refractivity contribution in [2.45, 2.75) is 38.6 Å². The minimum Gasteiger partial charge on any atom is -0.464 e. The molecule has 0 aromatic heterocycles. The third kappa shape index (κ3) is 2.86. The number of carbonyl (C=O) groups excluding carboxylic acids is 1. The van der Waals surface area contributed by atoms with E-state index in [4.69, 9.17) is 16.3 Å². The van der Waals surface area contributed by atoms with Gasteiger partial charge in [0.15, 0.2) is 0 Å². The zero-order chi connectivity index (χ0) is 13.9. The second kappa shape index (κ2) is 5.83. The molecule has 2 rings (SSSR count). The van der Waals surface area contributed by atoms with Crippen molar-refractivity contribution in [2.75, 3.05) is 11.9 Å². The van der Waals surface area contributed by atoms with Crippen molar-refractivity contribution < 1.29 is 9.53 Å². The van der Waals surface area contributed by atoms with Crippen LogP contribution in [0.1, 0.15) is 33.1 Å². The average Bonchev–Trinajstić information content (AvgIpc) is 2.72. The second-order valence-corrected chi connectivity index (χ2v) is 5.56. The average molecular weight is 282 g/mol. The van der Waals surface area contributed by atoms with Crippen LogP contribution in [0, 0.1) is 5.92 Å². The summed E-state index contributed by atoms with van der Waals surface area (Å²) in [5.74, 6) is 0.102. The van der Waals surface area contributed by atoms with Gasteiger partial charge >= 0.3 is 5.97 Å². The van der Waals surface area contributed by atoms with Crippen molar-refractivity contribution >= 4 is 23.3 Å². The lowest BCUT2D eigenvalue weighted by atomic mass is 9.88. The van der Waals surface area contributed by atoms with Crippen LogP contribution in [-0.2, 0) is 9.53 Å². The molecule has 4 heteroatoms. The second-order valence-electron chi connectivity index (χ2n) is 5.12. The van der Waals surface area contributed by atoms with Crippen molar-refractivity contribution in [3.05, 3.63) is 29.3 Å². The van der Waals surface area contributed by atoms with Crippen LogP contribution in [0.5, 0.6) is 0 Å². The summed E-state index contributed by atoms with van der Waals surface area (Å²) in [5, 5.41) is 4.03. The highest BCUT2D eigenvalue weighted by Crippen LogP contribution is 2.39. The van der Waals surface area contributed by atoms with Crippen molar-refractivity contribution in [1.82, 2.24) is 0 Å². The molecular formula is C15H20ClNO2. The summed E-state index contributed by atoms with van der Waals surface area (Å²) in [5.41, 5.74) is 0.259. The van der Waals surface area contributed by atoms with Crippen molar-refractivity contribution in [1.29, 1.82) is 0 Å². The molecule has 1 fully saturated rings. The van der Waals surface area contributed by atoms with E-state index in [1.807, 2.05) is 31.2 Å². The number of hydrogen-bond acceptors (Lipinski definition) is 3. The lowest BCUT2D eigenvalue weighted by molar-refractivity contribution is -0.149. The largest absolute Gasteiger partial charge is 0.464 e. The van der Waals surface area contributed by atoms with E-state index in [0.29, 0.717) is 11.6 Å². The summed E-state index contributed by atoms with van der Waals surface area (Å²) in [7, 11) is 0. The summed E-state index contributed by atoms with van der Waals surface area (Å²) in [6.45, 7) is 4.34. The molecule has 0 aliphatic heterocycles. The minimum atomic E-state index is -0.610. The Morgan fingerprint density at radius 2 is 2.37 bits per heavy atom. The summed E-state index contributed by atoms with van der Waals surface area (Å²) in [4.78, 5) is 12.3. The van der Waals surface area contributed by atoms with Crippen LogP contribution in [0.15, 0.2) is 24.3 Å². The van der Waals surface area contributed by atoms with Gasteiger partial charge in [0.2, 0.25) is 0 Å². The lowest BCUT2D eigenvalue weighted by Gasteiger charge is -2.33. The maximum absolute atomic E-state index is 12.3. The Labute approximate surface area is 119 Å². The molecule has 2 atom stereocenters. The molecule has 1 N–H and O–H groups in total. The molecule has 0 heterocycles. The predicted octanol–water partition coefficient (Wildman–Crippen LogP) is 3.87. The molecule has 1 aromatic rings. The van der Waals surface area contributed by atoms with Gasteiger partial charge < -0.3 is 10.1 Å². The predicted molar refractivity (Wildman–Crippen MR) is 77.5 cm³/mol. The quantitative estimate of drug-likeness (QED) is 0.852. The van der Waals surface area contributed by atoms with Crippen molar-refractivity contribution in [2.24, 2.45) is 5.92 Å². The molecule has 1 aliphatic carbocycles. The number of rotatable bonds is 4. The maximum Gasteiger partial charge on any atom is 0.332 e. The molecular weight excluding hydrogens is 262 g/mol. The first-order valence-electron chi connectivity index (χ1n) is 6.79. The topological polar surface area (TPSA) is 38.3 Å². The number of anilines is 1. The van der Waals surface area contributed by atoms with Crippen LogP contribution in [-0.4, -0.2) is 18.1 Å². The fourth-order valence-corrected chi connectivity index (χ4v) is 2.99. The third-order valence-electron chi connectivity index (χ3n) is 3.88. The van der Waals surface area contributed by atoms with E-state index in [2.05, 4.69) is 12.2 Å². The summed E-state index contributed by atoms with van der Waals surface area (Å²) < 4.78 is 5.27. The maximum atomic E-state index is 12.3. The molecule has 0 saturated heterocycles. The first-order valence-corrected chi connectivity index (χ1v) is 7.17. The molecule has 0 bridgehead atoms. The highest BCUT2D eigenvalue weighted by molar-refractivity contribution is 6.30. The van der Waals surface area contributed by atoms with Crippen LogP contribution in [0.3, 0.4) is 0 Å². The van der Waals surface area contributed by atoms with Crippen LogP contribution in [0.2, 0.25) is 5.02 Å². The van der Waals surface area contributed by atoms with E-state index in [-0.39, 0.29) is 11.9 Å². The number of nitrogens with one attached hydrogen (secondary N) is 1. The smallest absolute Gasteiger partial charge is 0.332 e. The number of carbonyl (C=O) groups is 1. The van der Waals surface area contributed by atoms with Crippen molar-refractivity contribution in [3.63, 3.8) is 0 Å². The SMILES string of the molecule is CCOC(=O)C1(Nc2cccc(Cl)c2)CCCC1C. The van der Waals surface area contributed by atoms with E-state index < -0.39 is 5.54 Å². The molecule has 104 valence electrons. The van der Waals surface area contributed by atoms with Gasteiger partial charge in [-0.3, -0.25) is 0 Å². The Morgan fingerprint density at radius 1 is 1.58 bits per heavy atom. The number of hydrogen-bond donors (Lipinski definition) is 1. The van der Waals surface area contributed by atoms with Gasteiger partial charge in [-0.25, -0.2) is 4.79 Å². The monoisotopic (exact) mass is 281 g/mol. The van der Waals surface area contributed by atoms with Crippen LogP contribution in [0.4, 0.5) is 5.69 Å². The van der Waals surface area contributed by atoms with E-state index in [0.717, 1.165) is 24.9 Å². The number of esters is 1. The highest BCUT2D eigenvalue weighted by Gasteiger charge is 2.48. The van der Waals surface area contributed by atoms with Gasteiger partial charge in [-0.05, 0) is 43.9 Å². The van der Waals surface area contributed by atoms with Gasteiger partial charge in [-0.2, -0.15) is 0 Å². The van der Waals surface area contributed by atoms with E-state index in [1.165, 1.54) is 0 Å².